The van der Waals surface area contributed by atoms with Gasteiger partial charge in [-0.3, -0.25) is 4.99 Å². The minimum absolute atomic E-state index is 1.09. The van der Waals surface area contributed by atoms with Crippen molar-refractivity contribution in [1.82, 2.24) is 9.78 Å². The summed E-state index contributed by atoms with van der Waals surface area (Å²) in [6, 6.07) is 6.24. The second-order valence-electron chi connectivity index (χ2n) is 3.03. The van der Waals surface area contributed by atoms with Crippen LogP contribution in [0.2, 0.25) is 0 Å². The monoisotopic (exact) mass is 173 g/mol. The first-order valence-electron chi connectivity index (χ1n) is 4.17. The fraction of sp³-hybridized carbons (Fsp3) is 0.200. The molecule has 0 saturated carbocycles. The van der Waals surface area contributed by atoms with E-state index in [1.54, 1.807) is 18.1 Å². The molecule has 0 radical (unpaired) electrons. The summed E-state index contributed by atoms with van der Waals surface area (Å²) in [4.78, 5) is 3.93. The van der Waals surface area contributed by atoms with Crippen LogP contribution < -0.4 is 0 Å². The van der Waals surface area contributed by atoms with Crippen LogP contribution in [-0.4, -0.2) is 23.2 Å². The van der Waals surface area contributed by atoms with Gasteiger partial charge in [-0.05, 0) is 19.1 Å². The van der Waals surface area contributed by atoms with Crippen LogP contribution in [-0.2, 0) is 0 Å². The Kier molecular flexibility index (Phi) is 1.85. The smallest absolute Gasteiger partial charge is 0.111 e. The van der Waals surface area contributed by atoms with E-state index in [4.69, 9.17) is 0 Å². The van der Waals surface area contributed by atoms with Gasteiger partial charge in [-0.25, -0.2) is 4.68 Å². The van der Waals surface area contributed by atoms with E-state index in [-0.39, 0.29) is 0 Å². The third-order valence-electron chi connectivity index (χ3n) is 1.98. The molecule has 0 aliphatic rings. The van der Waals surface area contributed by atoms with Gasteiger partial charge in [0.1, 0.15) is 6.34 Å². The maximum atomic E-state index is 4.19. The van der Waals surface area contributed by atoms with Gasteiger partial charge in [-0.1, -0.05) is 11.6 Å². The first-order valence-corrected chi connectivity index (χ1v) is 4.17. The van der Waals surface area contributed by atoms with Gasteiger partial charge in [0.2, 0.25) is 0 Å². The summed E-state index contributed by atoms with van der Waals surface area (Å²) >= 11 is 0. The van der Waals surface area contributed by atoms with Crippen molar-refractivity contribution in [3.8, 4) is 0 Å². The molecule has 1 aromatic carbocycles. The summed E-state index contributed by atoms with van der Waals surface area (Å²) in [6.07, 6.45) is 3.56. The molecule has 66 valence electrons. The number of hydrogen-bond donors (Lipinski definition) is 0. The van der Waals surface area contributed by atoms with Gasteiger partial charge < -0.3 is 0 Å². The Labute approximate surface area is 76.7 Å². The molecule has 0 amide bonds. The SMILES string of the molecule is CN=Cn1ncc2cc(C)ccc21. The Hall–Kier alpha value is -1.64. The molecule has 0 aliphatic carbocycles. The largest absolute Gasteiger partial charge is 0.277 e. The average molecular weight is 173 g/mol. The maximum absolute atomic E-state index is 4.19. The summed E-state index contributed by atoms with van der Waals surface area (Å²) in [5.41, 5.74) is 2.34. The van der Waals surface area contributed by atoms with Crippen molar-refractivity contribution in [2.24, 2.45) is 4.99 Å². The second-order valence-corrected chi connectivity index (χ2v) is 3.03. The van der Waals surface area contributed by atoms with Crippen LogP contribution in [0.4, 0.5) is 0 Å². The molecule has 0 saturated heterocycles. The number of nitrogens with zero attached hydrogens (tertiary/aromatic N) is 3. The number of hydrogen-bond acceptors (Lipinski definition) is 2. The van der Waals surface area contributed by atoms with E-state index in [2.05, 4.69) is 35.2 Å². The summed E-state index contributed by atoms with van der Waals surface area (Å²) in [6.45, 7) is 2.07. The standard InChI is InChI=1S/C10H11N3/c1-8-3-4-10-9(5-8)6-12-13(10)7-11-2/h3-7H,1-2H3. The molecule has 0 aliphatic heterocycles. The Morgan fingerprint density at radius 3 is 3.08 bits per heavy atom. The lowest BCUT2D eigenvalue weighted by molar-refractivity contribution is 0.983. The molecule has 0 N–H and O–H groups in total. The molecule has 2 aromatic rings. The van der Waals surface area contributed by atoms with Crippen LogP contribution in [0.25, 0.3) is 10.9 Å². The van der Waals surface area contributed by atoms with Gasteiger partial charge in [0.25, 0.3) is 0 Å². The predicted molar refractivity (Wildman–Crippen MR) is 54.3 cm³/mol. The quantitative estimate of drug-likeness (QED) is 0.478. The van der Waals surface area contributed by atoms with Crippen molar-refractivity contribution in [3.63, 3.8) is 0 Å². The second kappa shape index (κ2) is 3.01. The molecule has 1 heterocycles. The number of fused-ring (bicyclic) bond motifs is 1. The maximum Gasteiger partial charge on any atom is 0.111 e. The van der Waals surface area contributed by atoms with Gasteiger partial charge in [0.15, 0.2) is 0 Å². The van der Waals surface area contributed by atoms with Gasteiger partial charge >= 0.3 is 0 Å². The van der Waals surface area contributed by atoms with Gasteiger partial charge in [0.05, 0.1) is 11.7 Å². The highest BCUT2D eigenvalue weighted by molar-refractivity contribution is 5.84. The Morgan fingerprint density at radius 2 is 2.31 bits per heavy atom. The molecule has 0 fully saturated rings. The van der Waals surface area contributed by atoms with Crippen molar-refractivity contribution in [2.45, 2.75) is 6.92 Å². The highest BCUT2D eigenvalue weighted by Crippen LogP contribution is 2.13. The number of benzene rings is 1. The molecule has 3 nitrogen and oxygen atoms in total. The number of rotatable bonds is 1. The fourth-order valence-corrected chi connectivity index (χ4v) is 1.37. The Bertz CT molecular complexity index is 454. The predicted octanol–water partition coefficient (Wildman–Crippen LogP) is 1.85. The number of aliphatic imine (C=N–C) groups is 1. The Morgan fingerprint density at radius 1 is 1.46 bits per heavy atom. The normalized spacial score (nSPS) is 11.5. The van der Waals surface area contributed by atoms with Crippen molar-refractivity contribution in [1.29, 1.82) is 0 Å². The third kappa shape index (κ3) is 1.33. The average Bonchev–Trinajstić information content (AvgIpc) is 2.49. The molecule has 0 bridgehead atoms. The van der Waals surface area contributed by atoms with E-state index >= 15 is 0 Å². The van der Waals surface area contributed by atoms with Crippen LogP contribution in [0, 0.1) is 6.92 Å². The van der Waals surface area contributed by atoms with E-state index in [0.29, 0.717) is 0 Å². The van der Waals surface area contributed by atoms with Crippen LogP contribution in [0.5, 0.6) is 0 Å². The van der Waals surface area contributed by atoms with E-state index in [1.807, 2.05) is 6.20 Å². The Balaban J connectivity index is 2.68. The topological polar surface area (TPSA) is 30.2 Å². The summed E-state index contributed by atoms with van der Waals surface area (Å²) in [5.74, 6) is 0. The van der Waals surface area contributed by atoms with Crippen molar-refractivity contribution >= 4 is 17.2 Å². The fourth-order valence-electron chi connectivity index (χ4n) is 1.37. The third-order valence-corrected chi connectivity index (χ3v) is 1.98. The molecular weight excluding hydrogens is 162 g/mol. The zero-order valence-electron chi connectivity index (χ0n) is 7.73. The van der Waals surface area contributed by atoms with Crippen molar-refractivity contribution < 1.29 is 0 Å². The lowest BCUT2D eigenvalue weighted by atomic mass is 10.2. The first kappa shape index (κ1) is 7.98. The first-order chi connectivity index (χ1) is 6.31. The molecule has 3 heteroatoms. The highest BCUT2D eigenvalue weighted by atomic mass is 15.3. The lowest BCUT2D eigenvalue weighted by Gasteiger charge is -1.95. The zero-order valence-corrected chi connectivity index (χ0v) is 7.73. The molecule has 0 unspecified atom stereocenters. The lowest BCUT2D eigenvalue weighted by Crippen LogP contribution is -1.96. The molecule has 2 rings (SSSR count). The minimum Gasteiger partial charge on any atom is -0.277 e. The zero-order chi connectivity index (χ0) is 9.26. The molecule has 0 spiro atoms. The van der Waals surface area contributed by atoms with Gasteiger partial charge in [-0.15, -0.1) is 0 Å². The van der Waals surface area contributed by atoms with Crippen LogP contribution >= 0.6 is 0 Å². The number of aromatic nitrogens is 2. The number of aryl methyl sites for hydroxylation is 1. The molecular formula is C10H11N3. The van der Waals surface area contributed by atoms with Gasteiger partial charge in [-0.2, -0.15) is 5.10 Å². The minimum atomic E-state index is 1.09. The summed E-state index contributed by atoms with van der Waals surface area (Å²) in [5, 5.41) is 5.35. The van der Waals surface area contributed by atoms with Gasteiger partial charge in [0, 0.05) is 12.4 Å². The van der Waals surface area contributed by atoms with E-state index < -0.39 is 0 Å². The van der Waals surface area contributed by atoms with E-state index in [0.717, 1.165) is 10.9 Å². The van der Waals surface area contributed by atoms with Crippen LogP contribution in [0.3, 0.4) is 0 Å². The van der Waals surface area contributed by atoms with Crippen LogP contribution in [0.15, 0.2) is 29.4 Å². The highest BCUT2D eigenvalue weighted by Gasteiger charge is 1.99. The summed E-state index contributed by atoms with van der Waals surface area (Å²) < 4.78 is 1.77. The van der Waals surface area contributed by atoms with Crippen LogP contribution in [0.1, 0.15) is 5.56 Å². The molecule has 0 atom stereocenters. The molecule has 13 heavy (non-hydrogen) atoms. The summed E-state index contributed by atoms with van der Waals surface area (Å²) in [7, 11) is 1.74. The molecule has 1 aromatic heterocycles. The van der Waals surface area contributed by atoms with Crippen molar-refractivity contribution in [3.05, 3.63) is 30.0 Å². The van der Waals surface area contributed by atoms with Crippen molar-refractivity contribution in [2.75, 3.05) is 7.05 Å². The van der Waals surface area contributed by atoms with E-state index in [9.17, 15) is 0 Å². The van der Waals surface area contributed by atoms with E-state index in [1.165, 1.54) is 5.56 Å².